The summed E-state index contributed by atoms with van der Waals surface area (Å²) >= 11 is 0. The molecule has 0 saturated heterocycles. The van der Waals surface area contributed by atoms with Crippen LogP contribution in [0.5, 0.6) is 0 Å². The van der Waals surface area contributed by atoms with Gasteiger partial charge in [0.2, 0.25) is 5.88 Å². The third-order valence-corrected chi connectivity index (χ3v) is 5.42. The molecule has 0 spiro atoms. The van der Waals surface area contributed by atoms with Crippen LogP contribution < -0.4 is 5.73 Å². The number of hydrogen-bond donors (Lipinski definition) is 1. The van der Waals surface area contributed by atoms with Crippen LogP contribution in [0.15, 0.2) is 89.0 Å². The van der Waals surface area contributed by atoms with E-state index >= 15 is 0 Å². The Morgan fingerprint density at radius 1 is 1.10 bits per heavy atom. The lowest BCUT2D eigenvalue weighted by Gasteiger charge is -2.38. The van der Waals surface area contributed by atoms with E-state index in [1.54, 1.807) is 0 Å². The highest BCUT2D eigenvalue weighted by Gasteiger charge is 2.37. The van der Waals surface area contributed by atoms with Crippen molar-refractivity contribution in [3.8, 4) is 6.07 Å². The largest absolute Gasteiger partial charge is 0.440 e. The molecule has 0 amide bonds. The van der Waals surface area contributed by atoms with Gasteiger partial charge in [-0.15, -0.1) is 0 Å². The first kappa shape index (κ1) is 19.0. The number of ether oxygens (including phenoxy) is 1. The summed E-state index contributed by atoms with van der Waals surface area (Å²) in [4.78, 5) is 2.42. The molecule has 29 heavy (non-hydrogen) atoms. The lowest BCUT2D eigenvalue weighted by Crippen LogP contribution is -2.38. The Kier molecular flexibility index (Phi) is 5.50. The Bertz CT molecular complexity index is 1010. The molecule has 0 aromatic heterocycles. The molecule has 4 heteroatoms. The van der Waals surface area contributed by atoms with E-state index in [9.17, 15) is 5.26 Å². The molecule has 0 fully saturated rings. The van der Waals surface area contributed by atoms with Gasteiger partial charge < -0.3 is 10.5 Å². The molecule has 1 unspecified atom stereocenters. The number of nitrogens with two attached hydrogens (primary N) is 1. The molecule has 0 radical (unpaired) electrons. The summed E-state index contributed by atoms with van der Waals surface area (Å²) in [5, 5.41) is 9.84. The zero-order valence-electron chi connectivity index (χ0n) is 16.6. The second-order valence-corrected chi connectivity index (χ2v) is 7.48. The van der Waals surface area contributed by atoms with Crippen LogP contribution in [0.3, 0.4) is 0 Å². The van der Waals surface area contributed by atoms with Crippen molar-refractivity contribution in [2.45, 2.75) is 19.3 Å². The summed E-state index contributed by atoms with van der Waals surface area (Å²) in [7, 11) is 0. The SMILES string of the molecule is CCCN1CC(=Cc2ccccc2)C2=C(C1)C(c1ccccc1)C(C#N)=C(N)O2. The fourth-order valence-corrected chi connectivity index (χ4v) is 4.19. The molecule has 2 aromatic carbocycles. The van der Waals surface area contributed by atoms with Crippen molar-refractivity contribution < 1.29 is 4.74 Å². The molecule has 0 aliphatic carbocycles. The van der Waals surface area contributed by atoms with E-state index in [2.05, 4.69) is 48.2 Å². The lowest BCUT2D eigenvalue weighted by molar-refractivity contribution is 0.234. The van der Waals surface area contributed by atoms with E-state index in [0.29, 0.717) is 5.57 Å². The minimum Gasteiger partial charge on any atom is -0.440 e. The number of rotatable bonds is 4. The van der Waals surface area contributed by atoms with Crippen molar-refractivity contribution in [2.75, 3.05) is 19.6 Å². The van der Waals surface area contributed by atoms with E-state index in [1.807, 2.05) is 36.4 Å². The molecule has 146 valence electrons. The maximum Gasteiger partial charge on any atom is 0.205 e. The lowest BCUT2D eigenvalue weighted by atomic mass is 9.80. The quantitative estimate of drug-likeness (QED) is 0.841. The standard InChI is InChI=1S/C25H25N3O/c1-2-13-28-16-20(14-18-9-5-3-6-10-18)24-22(17-28)23(19-11-7-4-8-12-19)21(15-26)25(27)29-24/h3-12,14,23H,2,13,16-17,27H2,1H3. The highest BCUT2D eigenvalue weighted by Crippen LogP contribution is 2.43. The van der Waals surface area contributed by atoms with E-state index in [1.165, 1.54) is 0 Å². The molecular formula is C25H25N3O. The van der Waals surface area contributed by atoms with Gasteiger partial charge >= 0.3 is 0 Å². The zero-order chi connectivity index (χ0) is 20.2. The minimum atomic E-state index is -0.177. The Balaban J connectivity index is 1.86. The molecule has 4 nitrogen and oxygen atoms in total. The summed E-state index contributed by atoms with van der Waals surface area (Å²) in [6.07, 6.45) is 3.24. The monoisotopic (exact) mass is 383 g/mol. The van der Waals surface area contributed by atoms with Gasteiger partial charge in [0.25, 0.3) is 0 Å². The fourth-order valence-electron chi connectivity index (χ4n) is 4.19. The van der Waals surface area contributed by atoms with Gasteiger partial charge in [-0.3, -0.25) is 4.90 Å². The summed E-state index contributed by atoms with van der Waals surface area (Å²) in [6.45, 7) is 4.76. The maximum absolute atomic E-state index is 9.84. The van der Waals surface area contributed by atoms with Crippen molar-refractivity contribution in [1.29, 1.82) is 5.26 Å². The van der Waals surface area contributed by atoms with Crippen LogP contribution in [0, 0.1) is 11.3 Å². The van der Waals surface area contributed by atoms with Gasteiger partial charge in [-0.25, -0.2) is 0 Å². The number of hydrogen-bond acceptors (Lipinski definition) is 4. The van der Waals surface area contributed by atoms with Crippen molar-refractivity contribution in [3.05, 3.63) is 100 Å². The second kappa shape index (κ2) is 8.38. The predicted molar refractivity (Wildman–Crippen MR) is 115 cm³/mol. The van der Waals surface area contributed by atoms with Crippen LogP contribution in [0.4, 0.5) is 0 Å². The first-order chi connectivity index (χ1) is 14.2. The van der Waals surface area contributed by atoms with Gasteiger partial charge in [0, 0.05) is 18.7 Å². The van der Waals surface area contributed by atoms with Crippen molar-refractivity contribution in [2.24, 2.45) is 5.73 Å². The molecule has 2 aliphatic rings. The maximum atomic E-state index is 9.84. The van der Waals surface area contributed by atoms with E-state index in [4.69, 9.17) is 10.5 Å². The average molecular weight is 383 g/mol. The second-order valence-electron chi connectivity index (χ2n) is 7.48. The first-order valence-electron chi connectivity index (χ1n) is 10.0. The fraction of sp³-hybridized carbons (Fsp3) is 0.240. The predicted octanol–water partition coefficient (Wildman–Crippen LogP) is 4.56. The molecule has 2 aliphatic heterocycles. The van der Waals surface area contributed by atoms with Crippen molar-refractivity contribution in [1.82, 2.24) is 4.90 Å². The van der Waals surface area contributed by atoms with E-state index in [-0.39, 0.29) is 11.8 Å². The number of nitrogens with zero attached hydrogens (tertiary/aromatic N) is 2. The summed E-state index contributed by atoms with van der Waals surface area (Å²) < 4.78 is 6.08. The van der Waals surface area contributed by atoms with Crippen LogP contribution in [0.2, 0.25) is 0 Å². The Hall–Kier alpha value is -3.29. The minimum absolute atomic E-state index is 0.177. The average Bonchev–Trinajstić information content (AvgIpc) is 2.75. The molecule has 2 heterocycles. The Morgan fingerprint density at radius 2 is 1.79 bits per heavy atom. The van der Waals surface area contributed by atoms with Gasteiger partial charge in [-0.1, -0.05) is 67.6 Å². The van der Waals surface area contributed by atoms with Gasteiger partial charge in [-0.05, 0) is 35.7 Å². The van der Waals surface area contributed by atoms with E-state index in [0.717, 1.165) is 54.1 Å². The molecule has 1 atom stereocenters. The van der Waals surface area contributed by atoms with Crippen LogP contribution in [0.1, 0.15) is 30.4 Å². The topological polar surface area (TPSA) is 62.3 Å². The van der Waals surface area contributed by atoms with Gasteiger partial charge in [-0.2, -0.15) is 5.26 Å². The molecule has 0 bridgehead atoms. The van der Waals surface area contributed by atoms with Gasteiger partial charge in [0.15, 0.2) is 0 Å². The number of nitriles is 1. The Labute approximate surface area is 172 Å². The third-order valence-electron chi connectivity index (χ3n) is 5.42. The van der Waals surface area contributed by atoms with Gasteiger partial charge in [0.1, 0.15) is 17.4 Å². The van der Waals surface area contributed by atoms with Gasteiger partial charge in [0.05, 0.1) is 5.92 Å². The summed E-state index contributed by atoms with van der Waals surface area (Å²) in [5.74, 6) is 0.860. The Morgan fingerprint density at radius 3 is 2.45 bits per heavy atom. The normalized spacial score (nSPS) is 21.0. The zero-order valence-corrected chi connectivity index (χ0v) is 16.6. The highest BCUT2D eigenvalue weighted by molar-refractivity contribution is 5.63. The smallest absolute Gasteiger partial charge is 0.205 e. The third kappa shape index (κ3) is 3.83. The molecule has 4 rings (SSSR count). The number of allylic oxidation sites excluding steroid dienone is 1. The molecule has 2 aromatic rings. The van der Waals surface area contributed by atoms with Crippen LogP contribution in [-0.2, 0) is 4.74 Å². The molecule has 0 saturated carbocycles. The van der Waals surface area contributed by atoms with E-state index < -0.39 is 0 Å². The van der Waals surface area contributed by atoms with Crippen molar-refractivity contribution in [3.63, 3.8) is 0 Å². The van der Waals surface area contributed by atoms with Crippen molar-refractivity contribution >= 4 is 6.08 Å². The molecule has 2 N–H and O–H groups in total. The van der Waals surface area contributed by atoms with Crippen LogP contribution in [-0.4, -0.2) is 24.5 Å². The van der Waals surface area contributed by atoms with Crippen LogP contribution >= 0.6 is 0 Å². The number of benzene rings is 2. The molecular weight excluding hydrogens is 358 g/mol. The first-order valence-corrected chi connectivity index (χ1v) is 10.0. The highest BCUT2D eigenvalue weighted by atomic mass is 16.5. The van der Waals surface area contributed by atoms with Crippen LogP contribution in [0.25, 0.3) is 6.08 Å². The summed E-state index contributed by atoms with van der Waals surface area (Å²) in [5.41, 5.74) is 11.1. The summed E-state index contributed by atoms with van der Waals surface area (Å²) in [6, 6.07) is 22.7.